The van der Waals surface area contributed by atoms with Gasteiger partial charge in [0, 0.05) is 30.9 Å². The van der Waals surface area contributed by atoms with Gasteiger partial charge in [0.25, 0.3) is 0 Å². The van der Waals surface area contributed by atoms with Crippen molar-refractivity contribution in [1.82, 2.24) is 14.9 Å². The second kappa shape index (κ2) is 8.05. The highest BCUT2D eigenvalue weighted by atomic mass is 15.0. The molecule has 2 aromatic rings. The maximum absolute atomic E-state index is 4.55. The minimum atomic E-state index is 0.908. The largest absolute Gasteiger partial charge is 0.332 e. The van der Waals surface area contributed by atoms with Gasteiger partial charge in [0.2, 0.25) is 0 Å². The predicted molar refractivity (Wildman–Crippen MR) is 85.9 cm³/mol. The molecule has 3 heteroatoms. The van der Waals surface area contributed by atoms with Gasteiger partial charge in [0.15, 0.2) is 0 Å². The van der Waals surface area contributed by atoms with Crippen LogP contribution in [0, 0.1) is 0 Å². The van der Waals surface area contributed by atoms with E-state index >= 15 is 0 Å². The second-order valence-corrected chi connectivity index (χ2v) is 5.52. The topological polar surface area (TPSA) is 29.9 Å². The summed E-state index contributed by atoms with van der Waals surface area (Å²) in [5.74, 6) is 0. The molecule has 0 atom stereocenters. The van der Waals surface area contributed by atoms with Crippen LogP contribution in [0.5, 0.6) is 0 Å². The zero-order valence-corrected chi connectivity index (χ0v) is 12.9. The zero-order chi connectivity index (χ0) is 14.2. The number of pyridine rings is 1. The second-order valence-electron chi connectivity index (χ2n) is 5.52. The van der Waals surface area contributed by atoms with Crippen molar-refractivity contribution in [2.45, 2.75) is 58.5 Å². The van der Waals surface area contributed by atoms with Gasteiger partial charge >= 0.3 is 0 Å². The van der Waals surface area contributed by atoms with E-state index in [1.54, 1.807) is 0 Å². The van der Waals surface area contributed by atoms with Crippen molar-refractivity contribution in [3.8, 4) is 0 Å². The summed E-state index contributed by atoms with van der Waals surface area (Å²) in [6, 6.07) is 4.20. The Morgan fingerprint density at radius 2 is 1.95 bits per heavy atom. The van der Waals surface area contributed by atoms with Crippen molar-refractivity contribution in [3.63, 3.8) is 0 Å². The van der Waals surface area contributed by atoms with Gasteiger partial charge in [-0.2, -0.15) is 0 Å². The Bertz CT molecular complexity index is 516. The van der Waals surface area contributed by atoms with Crippen molar-refractivity contribution in [1.29, 1.82) is 0 Å². The molecule has 0 spiro atoms. The summed E-state index contributed by atoms with van der Waals surface area (Å²) in [4.78, 5) is 4.55. The molecule has 2 rings (SSSR count). The Balaban J connectivity index is 1.95. The SMILES string of the molecule is CCCCCCCCn1cc(CNC)c2cccnc21. The van der Waals surface area contributed by atoms with E-state index in [0.717, 1.165) is 18.7 Å². The van der Waals surface area contributed by atoms with Gasteiger partial charge in [-0.15, -0.1) is 0 Å². The Hall–Kier alpha value is -1.35. The number of aryl methyl sites for hydroxylation is 1. The minimum absolute atomic E-state index is 0.908. The number of nitrogens with one attached hydrogen (secondary N) is 1. The average molecular weight is 273 g/mol. The van der Waals surface area contributed by atoms with Gasteiger partial charge < -0.3 is 9.88 Å². The van der Waals surface area contributed by atoms with Crippen molar-refractivity contribution < 1.29 is 0 Å². The lowest BCUT2D eigenvalue weighted by atomic mass is 10.1. The lowest BCUT2D eigenvalue weighted by molar-refractivity contribution is 0.563. The zero-order valence-electron chi connectivity index (χ0n) is 12.9. The molecule has 2 aromatic heterocycles. The quantitative estimate of drug-likeness (QED) is 0.697. The van der Waals surface area contributed by atoms with Gasteiger partial charge in [0.05, 0.1) is 0 Å². The first-order chi connectivity index (χ1) is 9.86. The molecule has 0 unspecified atom stereocenters. The summed E-state index contributed by atoms with van der Waals surface area (Å²) in [7, 11) is 1.99. The normalized spacial score (nSPS) is 11.3. The van der Waals surface area contributed by atoms with E-state index < -0.39 is 0 Å². The van der Waals surface area contributed by atoms with Crippen LogP contribution in [0.25, 0.3) is 11.0 Å². The van der Waals surface area contributed by atoms with Crippen LogP contribution in [-0.2, 0) is 13.1 Å². The summed E-state index contributed by atoms with van der Waals surface area (Å²) < 4.78 is 2.32. The summed E-state index contributed by atoms with van der Waals surface area (Å²) in [6.07, 6.45) is 12.2. The first-order valence-electron chi connectivity index (χ1n) is 7.94. The third-order valence-corrected chi connectivity index (χ3v) is 3.84. The van der Waals surface area contributed by atoms with Crippen LogP contribution in [0.1, 0.15) is 51.0 Å². The molecular formula is C17H27N3. The van der Waals surface area contributed by atoms with Crippen LogP contribution in [0.15, 0.2) is 24.5 Å². The highest BCUT2D eigenvalue weighted by molar-refractivity contribution is 5.80. The molecule has 0 amide bonds. The third kappa shape index (κ3) is 3.83. The van der Waals surface area contributed by atoms with Gasteiger partial charge in [-0.25, -0.2) is 4.98 Å². The van der Waals surface area contributed by atoms with Crippen molar-refractivity contribution in [2.24, 2.45) is 0 Å². The highest BCUT2D eigenvalue weighted by Gasteiger charge is 2.08. The first kappa shape index (κ1) is 15.0. The number of nitrogens with zero attached hydrogens (tertiary/aromatic N) is 2. The molecule has 0 fully saturated rings. The maximum atomic E-state index is 4.55. The number of aromatic nitrogens is 2. The summed E-state index contributed by atoms with van der Waals surface area (Å²) in [5.41, 5.74) is 2.48. The number of fused-ring (bicyclic) bond motifs is 1. The number of hydrogen-bond acceptors (Lipinski definition) is 2. The van der Waals surface area contributed by atoms with E-state index in [1.807, 2.05) is 19.3 Å². The molecule has 0 aromatic carbocycles. The van der Waals surface area contributed by atoms with E-state index in [0.29, 0.717) is 0 Å². The standard InChI is InChI=1S/C17H27N3/c1-3-4-5-6-7-8-12-20-14-15(13-18-2)16-10-9-11-19-17(16)20/h9-11,14,18H,3-8,12-13H2,1-2H3. The molecule has 1 N–H and O–H groups in total. The van der Waals surface area contributed by atoms with E-state index in [9.17, 15) is 0 Å². The molecule has 110 valence electrons. The minimum Gasteiger partial charge on any atom is -0.332 e. The van der Waals surface area contributed by atoms with Crippen molar-refractivity contribution in [3.05, 3.63) is 30.1 Å². The summed E-state index contributed by atoms with van der Waals surface area (Å²) in [6.45, 7) is 4.26. The van der Waals surface area contributed by atoms with E-state index in [4.69, 9.17) is 0 Å². The fraction of sp³-hybridized carbons (Fsp3) is 0.588. The fourth-order valence-electron chi connectivity index (χ4n) is 2.76. The maximum Gasteiger partial charge on any atom is 0.140 e. The van der Waals surface area contributed by atoms with Crippen LogP contribution < -0.4 is 5.32 Å². The van der Waals surface area contributed by atoms with Crippen molar-refractivity contribution >= 4 is 11.0 Å². The van der Waals surface area contributed by atoms with E-state index in [2.05, 4.69) is 34.1 Å². The average Bonchev–Trinajstić information content (AvgIpc) is 2.82. The van der Waals surface area contributed by atoms with Crippen molar-refractivity contribution in [2.75, 3.05) is 7.05 Å². The highest BCUT2D eigenvalue weighted by Crippen LogP contribution is 2.20. The van der Waals surface area contributed by atoms with Crippen LogP contribution in [0.4, 0.5) is 0 Å². The van der Waals surface area contributed by atoms with Gasteiger partial charge in [-0.05, 0) is 31.2 Å². The lowest BCUT2D eigenvalue weighted by Gasteiger charge is -2.04. The molecule has 3 nitrogen and oxygen atoms in total. The monoisotopic (exact) mass is 273 g/mol. The summed E-state index contributed by atoms with van der Waals surface area (Å²) in [5, 5.41) is 4.52. The van der Waals surface area contributed by atoms with Crippen LogP contribution in [0.3, 0.4) is 0 Å². The summed E-state index contributed by atoms with van der Waals surface area (Å²) >= 11 is 0. The molecular weight excluding hydrogens is 246 g/mol. The number of hydrogen-bond donors (Lipinski definition) is 1. The Kier molecular flexibility index (Phi) is 6.06. The Labute approximate surface area is 122 Å². The third-order valence-electron chi connectivity index (χ3n) is 3.84. The molecule has 0 aliphatic heterocycles. The molecule has 20 heavy (non-hydrogen) atoms. The molecule has 0 radical (unpaired) electrons. The van der Waals surface area contributed by atoms with Gasteiger partial charge in [-0.1, -0.05) is 39.0 Å². The van der Waals surface area contributed by atoms with Gasteiger partial charge in [0.1, 0.15) is 5.65 Å². The first-order valence-corrected chi connectivity index (χ1v) is 7.94. The molecule has 2 heterocycles. The van der Waals surface area contributed by atoms with Crippen LogP contribution in [0.2, 0.25) is 0 Å². The van der Waals surface area contributed by atoms with Crippen LogP contribution in [-0.4, -0.2) is 16.6 Å². The molecule has 0 saturated heterocycles. The lowest BCUT2D eigenvalue weighted by Crippen LogP contribution is -2.04. The molecule has 0 bridgehead atoms. The smallest absolute Gasteiger partial charge is 0.140 e. The molecule has 0 aliphatic rings. The molecule has 0 aliphatic carbocycles. The number of rotatable bonds is 9. The fourth-order valence-corrected chi connectivity index (χ4v) is 2.76. The van der Waals surface area contributed by atoms with E-state index in [-0.39, 0.29) is 0 Å². The molecule has 0 saturated carbocycles. The van der Waals surface area contributed by atoms with E-state index in [1.165, 1.54) is 49.5 Å². The Morgan fingerprint density at radius 3 is 2.75 bits per heavy atom. The van der Waals surface area contributed by atoms with Crippen LogP contribution >= 0.6 is 0 Å². The predicted octanol–water partition coefficient (Wildman–Crippen LogP) is 4.12. The number of unbranched alkanes of at least 4 members (excludes halogenated alkanes) is 5. The van der Waals surface area contributed by atoms with Gasteiger partial charge in [-0.3, -0.25) is 0 Å². The Morgan fingerprint density at radius 1 is 1.15 bits per heavy atom.